The Bertz CT molecular complexity index is 997. The van der Waals surface area contributed by atoms with Gasteiger partial charge in [-0.2, -0.15) is 0 Å². The van der Waals surface area contributed by atoms with Crippen LogP contribution in [0.5, 0.6) is 0 Å². The van der Waals surface area contributed by atoms with Crippen molar-refractivity contribution in [1.29, 1.82) is 0 Å². The van der Waals surface area contributed by atoms with Gasteiger partial charge in [-0.05, 0) is 30.7 Å². The maximum atomic E-state index is 13.5. The lowest BCUT2D eigenvalue weighted by Crippen LogP contribution is -2.48. The van der Waals surface area contributed by atoms with Gasteiger partial charge in [-0.1, -0.05) is 12.1 Å². The average Bonchev–Trinajstić information content (AvgIpc) is 2.72. The van der Waals surface area contributed by atoms with E-state index >= 15 is 0 Å². The normalized spacial score (nSPS) is 12.5. The Labute approximate surface area is 175 Å². The molecule has 0 aliphatic heterocycles. The van der Waals surface area contributed by atoms with Crippen molar-refractivity contribution >= 4 is 23.5 Å². The number of primary amides is 1. The summed E-state index contributed by atoms with van der Waals surface area (Å²) in [6.07, 6.45) is -0.378. The molecule has 0 aromatic heterocycles. The first-order valence-electron chi connectivity index (χ1n) is 9.09. The van der Waals surface area contributed by atoms with Gasteiger partial charge in [-0.25, -0.2) is 8.78 Å². The summed E-state index contributed by atoms with van der Waals surface area (Å²) in [5.74, 6) is -6.09. The third kappa shape index (κ3) is 6.04. The van der Waals surface area contributed by atoms with E-state index in [1.807, 2.05) is 0 Å². The minimum absolute atomic E-state index is 0.0638. The van der Waals surface area contributed by atoms with Crippen molar-refractivity contribution in [2.24, 2.45) is 5.73 Å². The first-order valence-corrected chi connectivity index (χ1v) is 9.09. The summed E-state index contributed by atoms with van der Waals surface area (Å²) in [4.78, 5) is 47.0. The molecule has 0 radical (unpaired) electrons. The monoisotopic (exact) mass is 435 g/mol. The molecule has 0 saturated carbocycles. The molecule has 2 atom stereocenters. The number of hydrogen-bond donors (Lipinski definition) is 2. The smallest absolute Gasteiger partial charge is 0.306 e. The number of esters is 1. The van der Waals surface area contributed by atoms with Gasteiger partial charge >= 0.3 is 5.97 Å². The summed E-state index contributed by atoms with van der Waals surface area (Å²) in [7, 11) is 0. The minimum Gasteiger partial charge on any atom is -0.466 e. The molecule has 0 fully saturated rings. The van der Waals surface area contributed by atoms with E-state index in [1.54, 1.807) is 6.92 Å². The summed E-state index contributed by atoms with van der Waals surface area (Å²) in [6.45, 7) is 1.64. The molecule has 0 bridgehead atoms. The SMILES string of the molecule is CCOC(=O)C[C@@H](c1ccc([N+](=O)[O-])cc1)[C@H](NC(=O)c1ccc(F)c(F)c1)C(N)=O. The molecule has 2 aromatic rings. The Kier molecular flexibility index (Phi) is 7.72. The number of nitrogens with zero attached hydrogens (tertiary/aromatic N) is 1. The van der Waals surface area contributed by atoms with Crippen LogP contribution in [-0.4, -0.2) is 35.4 Å². The molecule has 0 heterocycles. The van der Waals surface area contributed by atoms with Crippen molar-refractivity contribution in [2.45, 2.75) is 25.3 Å². The van der Waals surface area contributed by atoms with Crippen LogP contribution in [0, 0.1) is 21.7 Å². The maximum Gasteiger partial charge on any atom is 0.306 e. The second-order valence-electron chi connectivity index (χ2n) is 6.45. The molecule has 2 amide bonds. The molecule has 0 aliphatic rings. The maximum absolute atomic E-state index is 13.5. The highest BCUT2D eigenvalue weighted by Crippen LogP contribution is 2.27. The second-order valence-corrected chi connectivity index (χ2v) is 6.45. The number of amides is 2. The third-order valence-corrected chi connectivity index (χ3v) is 4.40. The van der Waals surface area contributed by atoms with E-state index in [1.165, 1.54) is 24.3 Å². The standard InChI is InChI=1S/C20H19F2N3O6/c1-2-31-17(26)10-14(11-3-6-13(7-4-11)25(29)30)18(19(23)27)24-20(28)12-5-8-15(21)16(22)9-12/h3-9,14,18H,2,10H2,1H3,(H2,23,27)(H,24,28)/t14-,18-/m0/s1. The third-order valence-electron chi connectivity index (χ3n) is 4.40. The van der Waals surface area contributed by atoms with Crippen LogP contribution in [-0.2, 0) is 14.3 Å². The Balaban J connectivity index is 2.39. The Morgan fingerprint density at radius 2 is 1.77 bits per heavy atom. The quantitative estimate of drug-likeness (QED) is 0.351. The van der Waals surface area contributed by atoms with Crippen molar-refractivity contribution in [3.63, 3.8) is 0 Å². The summed E-state index contributed by atoms with van der Waals surface area (Å²) in [5.41, 5.74) is 5.24. The number of nitro groups is 1. The van der Waals surface area contributed by atoms with Gasteiger partial charge in [0.15, 0.2) is 11.6 Å². The van der Waals surface area contributed by atoms with Crippen LogP contribution in [0.25, 0.3) is 0 Å². The number of nitrogens with one attached hydrogen (secondary N) is 1. The van der Waals surface area contributed by atoms with E-state index in [0.29, 0.717) is 11.6 Å². The number of halogens is 2. The van der Waals surface area contributed by atoms with Gasteiger partial charge in [0, 0.05) is 23.6 Å². The zero-order valence-corrected chi connectivity index (χ0v) is 16.3. The fourth-order valence-corrected chi connectivity index (χ4v) is 2.90. The van der Waals surface area contributed by atoms with Crippen molar-refractivity contribution in [3.8, 4) is 0 Å². The van der Waals surface area contributed by atoms with Crippen molar-refractivity contribution in [1.82, 2.24) is 5.32 Å². The van der Waals surface area contributed by atoms with E-state index in [0.717, 1.165) is 12.1 Å². The average molecular weight is 435 g/mol. The van der Waals surface area contributed by atoms with E-state index in [2.05, 4.69) is 5.32 Å². The predicted molar refractivity (Wildman–Crippen MR) is 104 cm³/mol. The first-order chi connectivity index (χ1) is 14.6. The number of hydrogen-bond acceptors (Lipinski definition) is 6. The molecule has 0 aliphatic carbocycles. The van der Waals surface area contributed by atoms with E-state index in [4.69, 9.17) is 10.5 Å². The Hall–Kier alpha value is -3.89. The molecular formula is C20H19F2N3O6. The number of carbonyl (C=O) groups is 3. The van der Waals surface area contributed by atoms with E-state index < -0.39 is 46.3 Å². The number of rotatable bonds is 9. The van der Waals surface area contributed by atoms with Crippen LogP contribution in [0.3, 0.4) is 0 Å². The lowest BCUT2D eigenvalue weighted by Gasteiger charge is -2.25. The van der Waals surface area contributed by atoms with Crippen LogP contribution in [0.4, 0.5) is 14.5 Å². The van der Waals surface area contributed by atoms with Crippen LogP contribution >= 0.6 is 0 Å². The zero-order valence-electron chi connectivity index (χ0n) is 16.3. The summed E-state index contributed by atoms with van der Waals surface area (Å²) >= 11 is 0. The van der Waals surface area contributed by atoms with Gasteiger partial charge in [-0.3, -0.25) is 24.5 Å². The number of benzene rings is 2. The zero-order chi connectivity index (χ0) is 23.1. The molecule has 2 rings (SSSR count). The molecule has 0 saturated heterocycles. The lowest BCUT2D eigenvalue weighted by atomic mass is 9.87. The van der Waals surface area contributed by atoms with Crippen molar-refractivity contribution in [3.05, 3.63) is 75.3 Å². The lowest BCUT2D eigenvalue weighted by molar-refractivity contribution is -0.384. The Morgan fingerprint density at radius 1 is 1.13 bits per heavy atom. The fourth-order valence-electron chi connectivity index (χ4n) is 2.90. The summed E-state index contributed by atoms with van der Waals surface area (Å²) in [6, 6.07) is 5.93. The van der Waals surface area contributed by atoms with Crippen molar-refractivity contribution < 1.29 is 32.8 Å². The second kappa shape index (κ2) is 10.2. The summed E-state index contributed by atoms with van der Waals surface area (Å²) < 4.78 is 31.5. The minimum atomic E-state index is -1.45. The van der Waals surface area contributed by atoms with Crippen LogP contribution < -0.4 is 11.1 Å². The van der Waals surface area contributed by atoms with Gasteiger partial charge in [0.2, 0.25) is 5.91 Å². The molecule has 31 heavy (non-hydrogen) atoms. The number of carbonyl (C=O) groups excluding carboxylic acids is 3. The highest BCUT2D eigenvalue weighted by molar-refractivity contribution is 5.97. The molecule has 2 aromatic carbocycles. The van der Waals surface area contributed by atoms with E-state index in [9.17, 15) is 33.3 Å². The topological polar surface area (TPSA) is 142 Å². The largest absolute Gasteiger partial charge is 0.466 e. The fraction of sp³-hybridized carbons (Fsp3) is 0.250. The molecule has 9 nitrogen and oxygen atoms in total. The summed E-state index contributed by atoms with van der Waals surface area (Å²) in [5, 5.41) is 13.2. The number of ether oxygens (including phenoxy) is 1. The first kappa shape index (κ1) is 23.4. The van der Waals surface area contributed by atoms with Crippen LogP contribution in [0.1, 0.15) is 35.2 Å². The predicted octanol–water partition coefficient (Wildman–Crippen LogP) is 2.19. The molecule has 3 N–H and O–H groups in total. The molecule has 0 unspecified atom stereocenters. The van der Waals surface area contributed by atoms with Gasteiger partial charge in [-0.15, -0.1) is 0 Å². The van der Waals surface area contributed by atoms with Crippen molar-refractivity contribution in [2.75, 3.05) is 6.61 Å². The Morgan fingerprint density at radius 3 is 2.29 bits per heavy atom. The number of non-ortho nitro benzene ring substituents is 1. The van der Waals surface area contributed by atoms with E-state index in [-0.39, 0.29) is 24.3 Å². The van der Waals surface area contributed by atoms with Crippen LogP contribution in [0.2, 0.25) is 0 Å². The highest BCUT2D eigenvalue weighted by Gasteiger charge is 2.32. The molecule has 164 valence electrons. The number of nitro benzene ring substituents is 1. The highest BCUT2D eigenvalue weighted by atomic mass is 19.2. The molecular weight excluding hydrogens is 416 g/mol. The van der Waals surface area contributed by atoms with Gasteiger partial charge < -0.3 is 15.8 Å². The van der Waals surface area contributed by atoms with Gasteiger partial charge in [0.1, 0.15) is 6.04 Å². The molecule has 11 heteroatoms. The number of nitrogens with two attached hydrogens (primary N) is 1. The van der Waals surface area contributed by atoms with Gasteiger partial charge in [0.25, 0.3) is 11.6 Å². The van der Waals surface area contributed by atoms with Crippen LogP contribution in [0.15, 0.2) is 42.5 Å². The molecule has 0 spiro atoms. The van der Waals surface area contributed by atoms with Gasteiger partial charge in [0.05, 0.1) is 18.0 Å².